The van der Waals surface area contributed by atoms with Crippen LogP contribution in [0.1, 0.15) is 31.1 Å². The van der Waals surface area contributed by atoms with E-state index in [4.69, 9.17) is 9.47 Å². The second-order valence-corrected chi connectivity index (χ2v) is 6.90. The highest BCUT2D eigenvalue weighted by atomic mass is 32.1. The summed E-state index contributed by atoms with van der Waals surface area (Å²) >= 11 is 1.72. The van der Waals surface area contributed by atoms with Gasteiger partial charge in [-0.15, -0.1) is 11.3 Å². The van der Waals surface area contributed by atoms with Crippen LogP contribution in [0.25, 0.3) is 0 Å². The zero-order valence-electron chi connectivity index (χ0n) is 13.0. The molecule has 2 amide bonds. The Bertz CT molecular complexity index is 486. The summed E-state index contributed by atoms with van der Waals surface area (Å²) in [6.07, 6.45) is 3.85. The van der Waals surface area contributed by atoms with Crippen LogP contribution in [0, 0.1) is 0 Å². The Morgan fingerprint density at radius 3 is 3.18 bits per heavy atom. The predicted molar refractivity (Wildman–Crippen MR) is 86.3 cm³/mol. The average molecular weight is 324 g/mol. The summed E-state index contributed by atoms with van der Waals surface area (Å²) in [5, 5.41) is 8.05. The fourth-order valence-electron chi connectivity index (χ4n) is 3.44. The fraction of sp³-hybridized carbons (Fsp3) is 0.688. The average Bonchev–Trinajstić information content (AvgIpc) is 3.19. The van der Waals surface area contributed by atoms with E-state index in [1.807, 2.05) is 13.0 Å². The smallest absolute Gasteiger partial charge is 0.315 e. The summed E-state index contributed by atoms with van der Waals surface area (Å²) in [4.78, 5) is 13.4. The molecule has 5 nitrogen and oxygen atoms in total. The number of hydrogen-bond donors (Lipinski definition) is 2. The topological polar surface area (TPSA) is 59.6 Å². The molecule has 2 fully saturated rings. The molecule has 0 unspecified atom stereocenters. The van der Waals surface area contributed by atoms with Crippen molar-refractivity contribution in [2.24, 2.45) is 0 Å². The third-order valence-electron chi connectivity index (χ3n) is 4.58. The van der Waals surface area contributed by atoms with E-state index < -0.39 is 0 Å². The van der Waals surface area contributed by atoms with E-state index in [1.54, 1.807) is 11.3 Å². The third kappa shape index (κ3) is 3.14. The number of carbonyl (C=O) groups excluding carboxylic acids is 1. The van der Waals surface area contributed by atoms with E-state index in [1.165, 1.54) is 4.88 Å². The van der Waals surface area contributed by atoms with Gasteiger partial charge in [0.2, 0.25) is 0 Å². The number of urea groups is 1. The Hall–Kier alpha value is -1.11. The Morgan fingerprint density at radius 2 is 2.50 bits per heavy atom. The molecule has 6 heteroatoms. The maximum Gasteiger partial charge on any atom is 0.315 e. The molecule has 1 aromatic heterocycles. The van der Waals surface area contributed by atoms with E-state index in [2.05, 4.69) is 22.1 Å². The first-order valence-corrected chi connectivity index (χ1v) is 8.95. The highest BCUT2D eigenvalue weighted by molar-refractivity contribution is 7.09. The lowest BCUT2D eigenvalue weighted by Gasteiger charge is -2.52. The fourth-order valence-corrected chi connectivity index (χ4v) is 4.15. The third-order valence-corrected chi connectivity index (χ3v) is 5.51. The molecule has 1 spiro atoms. The number of thiophene rings is 1. The number of amides is 2. The quantitative estimate of drug-likeness (QED) is 0.844. The summed E-state index contributed by atoms with van der Waals surface area (Å²) in [6.45, 7) is 4.11. The van der Waals surface area contributed by atoms with E-state index in [9.17, 15) is 4.79 Å². The lowest BCUT2D eigenvalue weighted by atomic mass is 9.70. The number of carbonyl (C=O) groups is 1. The molecule has 0 bridgehead atoms. The van der Waals surface area contributed by atoms with E-state index >= 15 is 0 Å². The Kier molecular flexibility index (Phi) is 5.00. The second-order valence-electron chi connectivity index (χ2n) is 5.87. The first-order valence-electron chi connectivity index (χ1n) is 8.07. The molecule has 1 saturated carbocycles. The van der Waals surface area contributed by atoms with Crippen LogP contribution in [-0.2, 0) is 15.9 Å². The van der Waals surface area contributed by atoms with Gasteiger partial charge in [0, 0.05) is 24.6 Å². The Labute approximate surface area is 135 Å². The molecule has 0 aromatic carbocycles. The van der Waals surface area contributed by atoms with Crippen molar-refractivity contribution in [3.8, 4) is 0 Å². The first kappa shape index (κ1) is 15.8. The monoisotopic (exact) mass is 324 g/mol. The minimum Gasteiger partial charge on any atom is -0.375 e. The Morgan fingerprint density at radius 1 is 1.59 bits per heavy atom. The number of rotatable bonds is 6. The van der Waals surface area contributed by atoms with Crippen molar-refractivity contribution < 1.29 is 14.3 Å². The zero-order valence-corrected chi connectivity index (χ0v) is 13.8. The highest BCUT2D eigenvalue weighted by Gasteiger charge is 2.59. The number of hydrogen-bond acceptors (Lipinski definition) is 4. The van der Waals surface area contributed by atoms with E-state index in [0.29, 0.717) is 13.2 Å². The van der Waals surface area contributed by atoms with Gasteiger partial charge >= 0.3 is 6.03 Å². The number of nitrogens with one attached hydrogen (secondary N) is 2. The molecule has 3 rings (SSSR count). The Balaban J connectivity index is 1.45. The van der Waals surface area contributed by atoms with E-state index in [0.717, 1.165) is 32.3 Å². The molecule has 1 aliphatic carbocycles. The van der Waals surface area contributed by atoms with Crippen LogP contribution in [-0.4, -0.2) is 43.5 Å². The van der Waals surface area contributed by atoms with Gasteiger partial charge in [0.1, 0.15) is 5.60 Å². The van der Waals surface area contributed by atoms with Crippen molar-refractivity contribution in [3.05, 3.63) is 22.4 Å². The van der Waals surface area contributed by atoms with Gasteiger partial charge < -0.3 is 20.1 Å². The van der Waals surface area contributed by atoms with E-state index in [-0.39, 0.29) is 23.8 Å². The molecule has 1 aliphatic heterocycles. The summed E-state index contributed by atoms with van der Waals surface area (Å²) in [5.41, 5.74) is -0.291. The van der Waals surface area contributed by atoms with Gasteiger partial charge in [-0.3, -0.25) is 0 Å². The van der Waals surface area contributed by atoms with Crippen molar-refractivity contribution in [2.75, 3.05) is 19.8 Å². The standard InChI is InChI=1S/C16H24N2O3S/c1-2-20-14-11-13(16(14)7-4-9-21-16)18-15(19)17-8-6-12-5-3-10-22-12/h3,5,10,13-14H,2,4,6-9,11H2,1H3,(H2,17,18,19)/t13-,14+,16-/m0/s1. The SMILES string of the molecule is CCO[C@@H]1C[C@H](NC(=O)NCCc2cccs2)[C@@]12CCCO2. The maximum absolute atomic E-state index is 12.1. The van der Waals surface area contributed by atoms with Crippen LogP contribution in [0.4, 0.5) is 4.79 Å². The summed E-state index contributed by atoms with van der Waals surface area (Å²) in [7, 11) is 0. The van der Waals surface area contributed by atoms with Crippen LogP contribution >= 0.6 is 11.3 Å². The lowest BCUT2D eigenvalue weighted by Crippen LogP contribution is -2.70. The minimum atomic E-state index is -0.291. The molecule has 2 N–H and O–H groups in total. The van der Waals surface area contributed by atoms with Gasteiger partial charge in [-0.25, -0.2) is 4.79 Å². The molecule has 2 aliphatic rings. The molecular weight excluding hydrogens is 300 g/mol. The van der Waals surface area contributed by atoms with Gasteiger partial charge in [-0.05, 0) is 44.1 Å². The molecule has 1 aromatic rings. The van der Waals surface area contributed by atoms with Crippen molar-refractivity contribution in [2.45, 2.75) is 50.4 Å². The highest BCUT2D eigenvalue weighted by Crippen LogP contribution is 2.45. The van der Waals surface area contributed by atoms with Crippen LogP contribution < -0.4 is 10.6 Å². The van der Waals surface area contributed by atoms with Gasteiger partial charge in [0.25, 0.3) is 0 Å². The minimum absolute atomic E-state index is 0.0632. The van der Waals surface area contributed by atoms with Crippen molar-refractivity contribution in [1.82, 2.24) is 10.6 Å². The molecule has 122 valence electrons. The summed E-state index contributed by atoms with van der Waals surface area (Å²) in [6, 6.07) is 4.08. The normalized spacial score (nSPS) is 30.2. The number of ether oxygens (including phenoxy) is 2. The van der Waals surface area contributed by atoms with Gasteiger partial charge in [0.15, 0.2) is 0 Å². The van der Waals surface area contributed by atoms with Crippen LogP contribution in [0.15, 0.2) is 17.5 Å². The largest absolute Gasteiger partial charge is 0.375 e. The maximum atomic E-state index is 12.1. The molecule has 22 heavy (non-hydrogen) atoms. The van der Waals surface area contributed by atoms with Crippen molar-refractivity contribution in [1.29, 1.82) is 0 Å². The second kappa shape index (κ2) is 6.98. The molecular formula is C16H24N2O3S. The zero-order chi connectivity index (χ0) is 15.4. The lowest BCUT2D eigenvalue weighted by molar-refractivity contribution is -0.194. The molecule has 3 atom stereocenters. The first-order chi connectivity index (χ1) is 10.7. The summed E-state index contributed by atoms with van der Waals surface area (Å²) < 4.78 is 11.7. The summed E-state index contributed by atoms with van der Waals surface area (Å²) in [5.74, 6) is 0. The molecule has 1 saturated heterocycles. The molecule has 0 radical (unpaired) electrons. The van der Waals surface area contributed by atoms with Crippen LogP contribution in [0.3, 0.4) is 0 Å². The van der Waals surface area contributed by atoms with Crippen LogP contribution in [0.2, 0.25) is 0 Å². The predicted octanol–water partition coefficient (Wildman–Crippen LogP) is 2.32. The van der Waals surface area contributed by atoms with Gasteiger partial charge in [-0.1, -0.05) is 6.07 Å². The molecule has 2 heterocycles. The van der Waals surface area contributed by atoms with Crippen LogP contribution in [0.5, 0.6) is 0 Å². The van der Waals surface area contributed by atoms with Crippen molar-refractivity contribution in [3.63, 3.8) is 0 Å². The van der Waals surface area contributed by atoms with Gasteiger partial charge in [0.05, 0.1) is 12.1 Å². The van der Waals surface area contributed by atoms with Crippen molar-refractivity contribution >= 4 is 17.4 Å². The van der Waals surface area contributed by atoms with Gasteiger partial charge in [-0.2, -0.15) is 0 Å².